The van der Waals surface area contributed by atoms with Crippen LogP contribution in [-0.4, -0.2) is 23.5 Å². The minimum Gasteiger partial charge on any atom is -0.343 e. The fraction of sp³-hybridized carbons (Fsp3) is 0.167. The maximum Gasteiger partial charge on any atom is 0.203 e. The minimum atomic E-state index is -1.21. The second-order valence-corrected chi connectivity index (χ2v) is 5.61. The molecule has 4 heteroatoms. The number of rotatable bonds is 2. The van der Waals surface area contributed by atoms with E-state index < -0.39 is 11.7 Å². The molecule has 4 nitrogen and oxygen atoms in total. The molecule has 0 amide bonds. The monoisotopic (exact) mass is 292 g/mol. The Morgan fingerprint density at radius 2 is 1.64 bits per heavy atom. The molecule has 108 valence electrons. The first kappa shape index (κ1) is 13.1. The van der Waals surface area contributed by atoms with E-state index in [9.17, 15) is 14.4 Å². The fourth-order valence-electron chi connectivity index (χ4n) is 3.10. The van der Waals surface area contributed by atoms with Gasteiger partial charge in [-0.2, -0.15) is 0 Å². The Morgan fingerprint density at radius 3 is 2.27 bits per heavy atom. The second kappa shape index (κ2) is 4.21. The summed E-state index contributed by atoms with van der Waals surface area (Å²) < 4.78 is 5.57. The van der Waals surface area contributed by atoms with Crippen LogP contribution in [0.3, 0.4) is 0 Å². The van der Waals surface area contributed by atoms with Crippen LogP contribution in [0.15, 0.2) is 48.5 Å². The first-order valence-electron chi connectivity index (χ1n) is 7.03. The number of carbonyl (C=O) groups is 3. The Labute approximate surface area is 126 Å². The number of Topliss-reactive ketones (excluding diaryl/α,β-unsaturated/α-hetero) is 3. The third-order valence-electron chi connectivity index (χ3n) is 4.35. The summed E-state index contributed by atoms with van der Waals surface area (Å²) in [6.45, 7) is 1.48. The Hall–Kier alpha value is -2.59. The van der Waals surface area contributed by atoms with Gasteiger partial charge < -0.3 is 4.74 Å². The van der Waals surface area contributed by atoms with Gasteiger partial charge in [0.25, 0.3) is 0 Å². The highest BCUT2D eigenvalue weighted by Crippen LogP contribution is 2.53. The Kier molecular flexibility index (Phi) is 2.51. The zero-order valence-electron chi connectivity index (χ0n) is 11.8. The van der Waals surface area contributed by atoms with Crippen molar-refractivity contribution in [3.05, 3.63) is 70.8 Å². The van der Waals surface area contributed by atoms with Crippen LogP contribution in [0.2, 0.25) is 0 Å². The van der Waals surface area contributed by atoms with Gasteiger partial charge in [0, 0.05) is 16.7 Å². The van der Waals surface area contributed by atoms with Gasteiger partial charge in [-0.15, -0.1) is 0 Å². The van der Waals surface area contributed by atoms with Crippen LogP contribution in [0.25, 0.3) is 0 Å². The average molecular weight is 292 g/mol. The summed E-state index contributed by atoms with van der Waals surface area (Å²) in [5.41, 5.74) is 0.798. The predicted molar refractivity (Wildman–Crippen MR) is 78.1 cm³/mol. The van der Waals surface area contributed by atoms with Crippen LogP contribution >= 0.6 is 0 Å². The summed E-state index contributed by atoms with van der Waals surface area (Å²) in [6, 6.07) is 13.5. The molecule has 22 heavy (non-hydrogen) atoms. The van der Waals surface area contributed by atoms with Gasteiger partial charge in [0.05, 0.1) is 0 Å². The van der Waals surface area contributed by atoms with Crippen molar-refractivity contribution >= 4 is 17.3 Å². The lowest BCUT2D eigenvalue weighted by molar-refractivity contribution is 0.0859. The topological polar surface area (TPSA) is 63.7 Å². The molecule has 0 N–H and O–H groups in total. The van der Waals surface area contributed by atoms with Gasteiger partial charge in [-0.1, -0.05) is 48.5 Å². The van der Waals surface area contributed by atoms with Crippen LogP contribution in [0.1, 0.15) is 43.6 Å². The first-order chi connectivity index (χ1) is 10.6. The van der Waals surface area contributed by atoms with Crippen molar-refractivity contribution in [2.45, 2.75) is 18.6 Å². The van der Waals surface area contributed by atoms with Gasteiger partial charge in [-0.05, 0) is 12.5 Å². The number of fused-ring (bicyclic) bond motifs is 2. The zero-order chi connectivity index (χ0) is 15.5. The SMILES string of the molecule is CC(=O)c1ccc(C23OC2C(=O)c2ccccc2C3=O)cc1. The maximum absolute atomic E-state index is 12.8. The number of carbonyl (C=O) groups excluding carboxylic acids is 3. The molecule has 1 aliphatic heterocycles. The molecular weight excluding hydrogens is 280 g/mol. The lowest BCUT2D eigenvalue weighted by Crippen LogP contribution is -2.34. The standard InChI is InChI=1S/C18H12O4/c1-10(19)11-6-8-12(9-7-11)18-16(21)14-5-3-2-4-13(14)15(20)17(18)22-18/h2-9,17H,1H3. The van der Waals surface area contributed by atoms with E-state index in [-0.39, 0.29) is 17.3 Å². The zero-order valence-corrected chi connectivity index (χ0v) is 11.8. The molecule has 2 atom stereocenters. The molecule has 1 saturated heterocycles. The van der Waals surface area contributed by atoms with Crippen molar-refractivity contribution < 1.29 is 19.1 Å². The smallest absolute Gasteiger partial charge is 0.203 e. The number of epoxide rings is 1. The minimum absolute atomic E-state index is 0.0475. The predicted octanol–water partition coefficient (Wildman–Crippen LogP) is 2.56. The third kappa shape index (κ3) is 1.53. The van der Waals surface area contributed by atoms with Crippen molar-refractivity contribution in [2.24, 2.45) is 0 Å². The first-order valence-corrected chi connectivity index (χ1v) is 7.03. The van der Waals surface area contributed by atoms with Gasteiger partial charge in [-0.3, -0.25) is 14.4 Å². The number of hydrogen-bond acceptors (Lipinski definition) is 4. The van der Waals surface area contributed by atoms with E-state index >= 15 is 0 Å². The van der Waals surface area contributed by atoms with Gasteiger partial charge in [-0.25, -0.2) is 0 Å². The maximum atomic E-state index is 12.8. The molecular formula is C18H12O4. The molecule has 1 fully saturated rings. The largest absolute Gasteiger partial charge is 0.343 e. The summed E-state index contributed by atoms with van der Waals surface area (Å²) >= 11 is 0. The van der Waals surface area contributed by atoms with Crippen LogP contribution in [0.5, 0.6) is 0 Å². The van der Waals surface area contributed by atoms with Crippen molar-refractivity contribution in [1.82, 2.24) is 0 Å². The van der Waals surface area contributed by atoms with Crippen LogP contribution < -0.4 is 0 Å². The molecule has 0 aromatic heterocycles. The molecule has 2 aliphatic rings. The average Bonchev–Trinajstić information content (AvgIpc) is 3.30. The molecule has 0 saturated carbocycles. The molecule has 2 unspecified atom stereocenters. The van der Waals surface area contributed by atoms with E-state index in [1.54, 1.807) is 48.5 Å². The lowest BCUT2D eigenvalue weighted by Gasteiger charge is -2.18. The van der Waals surface area contributed by atoms with E-state index in [4.69, 9.17) is 4.74 Å². The van der Waals surface area contributed by atoms with Crippen molar-refractivity contribution in [3.8, 4) is 0 Å². The van der Waals surface area contributed by atoms with E-state index in [0.717, 1.165) is 0 Å². The molecule has 0 spiro atoms. The van der Waals surface area contributed by atoms with E-state index in [0.29, 0.717) is 22.3 Å². The highest BCUT2D eigenvalue weighted by Gasteiger charge is 2.69. The van der Waals surface area contributed by atoms with E-state index in [2.05, 4.69) is 0 Å². The second-order valence-electron chi connectivity index (χ2n) is 5.61. The van der Waals surface area contributed by atoms with Gasteiger partial charge >= 0.3 is 0 Å². The number of ether oxygens (including phenoxy) is 1. The summed E-state index contributed by atoms with van der Waals surface area (Å²) in [6.07, 6.45) is -0.752. The molecule has 2 aromatic rings. The summed E-state index contributed by atoms with van der Waals surface area (Å²) in [5, 5.41) is 0. The van der Waals surface area contributed by atoms with Crippen LogP contribution in [-0.2, 0) is 10.3 Å². The van der Waals surface area contributed by atoms with Crippen molar-refractivity contribution in [1.29, 1.82) is 0 Å². The molecule has 0 bridgehead atoms. The fourth-order valence-corrected chi connectivity index (χ4v) is 3.10. The summed E-state index contributed by atoms with van der Waals surface area (Å²) in [5.74, 6) is -0.400. The van der Waals surface area contributed by atoms with Crippen LogP contribution in [0.4, 0.5) is 0 Å². The van der Waals surface area contributed by atoms with Gasteiger partial charge in [0.2, 0.25) is 5.78 Å². The molecule has 1 aliphatic carbocycles. The highest BCUT2D eigenvalue weighted by atomic mass is 16.6. The lowest BCUT2D eigenvalue weighted by atomic mass is 9.78. The van der Waals surface area contributed by atoms with Crippen molar-refractivity contribution in [3.63, 3.8) is 0 Å². The van der Waals surface area contributed by atoms with Crippen LogP contribution in [0, 0.1) is 0 Å². The van der Waals surface area contributed by atoms with E-state index in [1.807, 2.05) is 0 Å². The molecule has 1 heterocycles. The third-order valence-corrected chi connectivity index (χ3v) is 4.35. The normalized spacial score (nSPS) is 25.4. The summed E-state index contributed by atoms with van der Waals surface area (Å²) in [7, 11) is 0. The quantitative estimate of drug-likeness (QED) is 0.630. The van der Waals surface area contributed by atoms with E-state index in [1.165, 1.54) is 6.92 Å². The highest BCUT2D eigenvalue weighted by molar-refractivity contribution is 6.23. The molecule has 2 aromatic carbocycles. The summed E-state index contributed by atoms with van der Waals surface area (Å²) in [4.78, 5) is 36.6. The number of hydrogen-bond donors (Lipinski definition) is 0. The molecule has 4 rings (SSSR count). The Morgan fingerprint density at radius 1 is 1.00 bits per heavy atom. The molecule has 0 radical (unpaired) electrons. The van der Waals surface area contributed by atoms with Crippen molar-refractivity contribution in [2.75, 3.05) is 0 Å². The van der Waals surface area contributed by atoms with Gasteiger partial charge in [0.15, 0.2) is 23.3 Å². The Bertz CT molecular complexity index is 834. The Balaban J connectivity index is 1.82. The van der Waals surface area contributed by atoms with Gasteiger partial charge in [0.1, 0.15) is 0 Å². The number of benzene rings is 2. The number of ketones is 3.